The third-order valence-electron chi connectivity index (χ3n) is 3.87. The standard InChI is InChI=1S/C21H16BrClN2O3/c22-19-8-5-16(23)12-18(19)20(26)14-3-6-17(7-4-14)28-11-10-25-21(27)15-2-1-9-24-13-15/h1-9,12-13H,10-11H2,(H,25,27). The quantitative estimate of drug-likeness (QED) is 0.416. The molecule has 1 N–H and O–H groups in total. The Morgan fingerprint density at radius 1 is 1.07 bits per heavy atom. The average molecular weight is 460 g/mol. The van der Waals surface area contributed by atoms with Gasteiger partial charge in [0.15, 0.2) is 5.78 Å². The second-order valence-corrected chi connectivity index (χ2v) is 7.11. The van der Waals surface area contributed by atoms with Gasteiger partial charge in [0.2, 0.25) is 0 Å². The van der Waals surface area contributed by atoms with Crippen molar-refractivity contribution < 1.29 is 14.3 Å². The van der Waals surface area contributed by atoms with Crippen molar-refractivity contribution in [3.05, 3.63) is 93.2 Å². The molecule has 7 heteroatoms. The number of ketones is 1. The van der Waals surface area contributed by atoms with Gasteiger partial charge in [0.05, 0.1) is 12.1 Å². The lowest BCUT2D eigenvalue weighted by Gasteiger charge is -2.09. The van der Waals surface area contributed by atoms with E-state index in [-0.39, 0.29) is 11.7 Å². The first-order valence-electron chi connectivity index (χ1n) is 8.45. The number of halogens is 2. The van der Waals surface area contributed by atoms with Gasteiger partial charge >= 0.3 is 0 Å². The summed E-state index contributed by atoms with van der Waals surface area (Å²) in [5, 5.41) is 3.26. The minimum Gasteiger partial charge on any atom is -0.492 e. The molecule has 0 saturated carbocycles. The molecule has 0 bridgehead atoms. The summed E-state index contributed by atoms with van der Waals surface area (Å²) in [5.41, 5.74) is 1.53. The monoisotopic (exact) mass is 458 g/mol. The third-order valence-corrected chi connectivity index (χ3v) is 4.80. The predicted octanol–water partition coefficient (Wildman–Crippen LogP) is 4.54. The molecule has 0 spiro atoms. The molecule has 142 valence electrons. The second-order valence-electron chi connectivity index (χ2n) is 5.82. The lowest BCUT2D eigenvalue weighted by molar-refractivity contribution is 0.0946. The largest absolute Gasteiger partial charge is 0.492 e. The molecule has 0 aliphatic rings. The fourth-order valence-corrected chi connectivity index (χ4v) is 3.06. The van der Waals surface area contributed by atoms with Crippen LogP contribution in [0.2, 0.25) is 5.02 Å². The topological polar surface area (TPSA) is 68.3 Å². The Bertz CT molecular complexity index is 979. The van der Waals surface area contributed by atoms with Gasteiger partial charge in [-0.05, 0) is 54.6 Å². The van der Waals surface area contributed by atoms with Gasteiger partial charge in [0.25, 0.3) is 5.91 Å². The van der Waals surface area contributed by atoms with Crippen molar-refractivity contribution in [2.75, 3.05) is 13.2 Å². The van der Waals surface area contributed by atoms with Crippen molar-refractivity contribution in [1.82, 2.24) is 10.3 Å². The molecule has 0 radical (unpaired) electrons. The molecule has 1 aromatic heterocycles. The Labute approximate surface area is 175 Å². The molecule has 3 rings (SSSR count). The van der Waals surface area contributed by atoms with Crippen LogP contribution in [0.3, 0.4) is 0 Å². The zero-order chi connectivity index (χ0) is 19.9. The second kappa shape index (κ2) is 9.48. The summed E-state index contributed by atoms with van der Waals surface area (Å²) >= 11 is 9.35. The Hall–Kier alpha value is -2.70. The molecule has 1 heterocycles. The average Bonchev–Trinajstić information content (AvgIpc) is 2.73. The predicted molar refractivity (Wildman–Crippen MR) is 111 cm³/mol. The fraction of sp³-hybridized carbons (Fsp3) is 0.0952. The SMILES string of the molecule is O=C(NCCOc1ccc(C(=O)c2cc(Cl)ccc2Br)cc1)c1cccnc1. The van der Waals surface area contributed by atoms with E-state index in [1.165, 1.54) is 6.20 Å². The molecule has 1 amide bonds. The number of carbonyl (C=O) groups is 2. The Morgan fingerprint density at radius 2 is 1.86 bits per heavy atom. The zero-order valence-corrected chi connectivity index (χ0v) is 17.0. The van der Waals surface area contributed by atoms with Crippen molar-refractivity contribution in [3.63, 3.8) is 0 Å². The van der Waals surface area contributed by atoms with Crippen LogP contribution >= 0.6 is 27.5 Å². The van der Waals surface area contributed by atoms with E-state index in [4.69, 9.17) is 16.3 Å². The van der Waals surface area contributed by atoms with Gasteiger partial charge in [-0.2, -0.15) is 0 Å². The van der Waals surface area contributed by atoms with Gasteiger partial charge in [-0.25, -0.2) is 0 Å². The van der Waals surface area contributed by atoms with E-state index in [9.17, 15) is 9.59 Å². The minimum atomic E-state index is -0.204. The molecule has 0 saturated heterocycles. The summed E-state index contributed by atoms with van der Waals surface area (Å²) in [5.74, 6) is 0.270. The molecular formula is C21H16BrClN2O3. The molecular weight excluding hydrogens is 444 g/mol. The lowest BCUT2D eigenvalue weighted by atomic mass is 10.0. The van der Waals surface area contributed by atoms with E-state index in [0.717, 1.165) is 0 Å². The summed E-state index contributed by atoms with van der Waals surface area (Å²) in [4.78, 5) is 28.4. The first-order chi connectivity index (χ1) is 13.5. The molecule has 2 aromatic carbocycles. The fourth-order valence-electron chi connectivity index (χ4n) is 2.46. The molecule has 0 unspecified atom stereocenters. The van der Waals surface area contributed by atoms with Crippen LogP contribution in [-0.4, -0.2) is 29.8 Å². The molecule has 0 fully saturated rings. The van der Waals surface area contributed by atoms with Crippen molar-refractivity contribution in [2.24, 2.45) is 0 Å². The Balaban J connectivity index is 1.52. The van der Waals surface area contributed by atoms with E-state index < -0.39 is 0 Å². The maximum atomic E-state index is 12.6. The highest BCUT2D eigenvalue weighted by Crippen LogP contribution is 2.24. The number of benzene rings is 2. The normalized spacial score (nSPS) is 10.4. The summed E-state index contributed by atoms with van der Waals surface area (Å²) in [6.45, 7) is 0.656. The molecule has 0 aliphatic carbocycles. The van der Waals surface area contributed by atoms with E-state index in [1.54, 1.807) is 60.8 Å². The maximum Gasteiger partial charge on any atom is 0.252 e. The van der Waals surface area contributed by atoms with Gasteiger partial charge in [0.1, 0.15) is 12.4 Å². The first kappa shape index (κ1) is 20.0. The first-order valence-corrected chi connectivity index (χ1v) is 9.62. The molecule has 0 atom stereocenters. The molecule has 0 aliphatic heterocycles. The zero-order valence-electron chi connectivity index (χ0n) is 14.7. The number of hydrogen-bond acceptors (Lipinski definition) is 4. The van der Waals surface area contributed by atoms with Gasteiger partial charge in [-0.1, -0.05) is 27.5 Å². The Kier molecular flexibility index (Phi) is 6.79. The van der Waals surface area contributed by atoms with Gasteiger partial charge < -0.3 is 10.1 Å². The van der Waals surface area contributed by atoms with E-state index >= 15 is 0 Å². The van der Waals surface area contributed by atoms with Crippen LogP contribution in [0.1, 0.15) is 26.3 Å². The Morgan fingerprint density at radius 3 is 2.57 bits per heavy atom. The van der Waals surface area contributed by atoms with Crippen LogP contribution < -0.4 is 10.1 Å². The van der Waals surface area contributed by atoms with E-state index in [1.807, 2.05) is 0 Å². The third kappa shape index (κ3) is 5.18. The van der Waals surface area contributed by atoms with Crippen molar-refractivity contribution in [2.45, 2.75) is 0 Å². The van der Waals surface area contributed by atoms with Crippen LogP contribution in [0, 0.1) is 0 Å². The van der Waals surface area contributed by atoms with Crippen molar-refractivity contribution in [3.8, 4) is 5.75 Å². The van der Waals surface area contributed by atoms with Crippen LogP contribution in [0.25, 0.3) is 0 Å². The van der Waals surface area contributed by atoms with Crippen molar-refractivity contribution >= 4 is 39.2 Å². The highest BCUT2D eigenvalue weighted by atomic mass is 79.9. The van der Waals surface area contributed by atoms with Crippen LogP contribution in [0.4, 0.5) is 0 Å². The number of nitrogens with zero attached hydrogens (tertiary/aromatic N) is 1. The van der Waals surface area contributed by atoms with Crippen molar-refractivity contribution in [1.29, 1.82) is 0 Å². The summed E-state index contributed by atoms with van der Waals surface area (Å²) < 4.78 is 6.29. The van der Waals surface area contributed by atoms with Gasteiger partial charge in [-0.3, -0.25) is 14.6 Å². The number of carbonyl (C=O) groups excluding carboxylic acids is 2. The van der Waals surface area contributed by atoms with E-state index in [2.05, 4.69) is 26.2 Å². The number of aromatic nitrogens is 1. The number of nitrogens with one attached hydrogen (secondary N) is 1. The summed E-state index contributed by atoms with van der Waals surface area (Å²) in [6, 6.07) is 15.3. The molecule has 28 heavy (non-hydrogen) atoms. The van der Waals surface area contributed by atoms with Crippen LogP contribution in [0.15, 0.2) is 71.5 Å². The summed E-state index contributed by atoms with van der Waals surface area (Å²) in [7, 11) is 0. The smallest absolute Gasteiger partial charge is 0.252 e. The van der Waals surface area contributed by atoms with Crippen LogP contribution in [0.5, 0.6) is 5.75 Å². The molecule has 5 nitrogen and oxygen atoms in total. The molecule has 3 aromatic rings. The number of rotatable bonds is 7. The highest BCUT2D eigenvalue weighted by Gasteiger charge is 2.13. The maximum absolute atomic E-state index is 12.6. The summed E-state index contributed by atoms with van der Waals surface area (Å²) in [6.07, 6.45) is 3.11. The minimum absolute atomic E-state index is 0.135. The lowest BCUT2D eigenvalue weighted by Crippen LogP contribution is -2.28. The van der Waals surface area contributed by atoms with Crippen LogP contribution in [-0.2, 0) is 0 Å². The number of hydrogen-bond donors (Lipinski definition) is 1. The van der Waals surface area contributed by atoms with Gasteiger partial charge in [0, 0.05) is 33.0 Å². The highest BCUT2D eigenvalue weighted by molar-refractivity contribution is 9.10. The number of ether oxygens (including phenoxy) is 1. The number of amides is 1. The van der Waals surface area contributed by atoms with Gasteiger partial charge in [-0.15, -0.1) is 0 Å². The number of pyridine rings is 1. The van der Waals surface area contributed by atoms with E-state index in [0.29, 0.717) is 45.1 Å².